The Morgan fingerprint density at radius 3 is 2.95 bits per heavy atom. The summed E-state index contributed by atoms with van der Waals surface area (Å²) in [5, 5.41) is 20.9. The van der Waals surface area contributed by atoms with Crippen LogP contribution in [0.2, 0.25) is 5.02 Å². The Balaban J connectivity index is 2.33. The molecular weight excluding hydrogens is 288 g/mol. The lowest BCUT2D eigenvalue weighted by Crippen LogP contribution is -2.17. The van der Waals surface area contributed by atoms with Crippen molar-refractivity contribution < 1.29 is 15.0 Å². The van der Waals surface area contributed by atoms with Gasteiger partial charge in [0.25, 0.3) is 0 Å². The highest BCUT2D eigenvalue weighted by Crippen LogP contribution is 2.23. The standard InChI is InChI=1S/C12H17ClN2O3S/c13-8-1-2-10(14)11(5-8)15-12(18)3-4-19-7-9(17)6-16/h1-2,5,9,16-17H,3-4,6-7,14H2,(H,15,18). The van der Waals surface area contributed by atoms with Crippen LogP contribution in [0.25, 0.3) is 0 Å². The van der Waals surface area contributed by atoms with Gasteiger partial charge in [0, 0.05) is 22.9 Å². The summed E-state index contributed by atoms with van der Waals surface area (Å²) in [7, 11) is 0. The van der Waals surface area contributed by atoms with Crippen LogP contribution < -0.4 is 11.1 Å². The Labute approximate surface area is 121 Å². The van der Waals surface area contributed by atoms with E-state index in [0.29, 0.717) is 34.3 Å². The van der Waals surface area contributed by atoms with E-state index < -0.39 is 6.10 Å². The number of aliphatic hydroxyl groups excluding tert-OH is 2. The molecule has 0 heterocycles. The molecule has 0 saturated carbocycles. The van der Waals surface area contributed by atoms with Crippen molar-refractivity contribution >= 4 is 40.6 Å². The van der Waals surface area contributed by atoms with Gasteiger partial charge in [-0.2, -0.15) is 11.8 Å². The molecule has 0 radical (unpaired) electrons. The van der Waals surface area contributed by atoms with Crippen molar-refractivity contribution in [1.29, 1.82) is 0 Å². The molecule has 5 nitrogen and oxygen atoms in total. The van der Waals surface area contributed by atoms with Crippen molar-refractivity contribution in [2.75, 3.05) is 29.2 Å². The highest BCUT2D eigenvalue weighted by Gasteiger charge is 2.07. The minimum atomic E-state index is -0.739. The summed E-state index contributed by atoms with van der Waals surface area (Å²) in [4.78, 5) is 11.7. The molecule has 7 heteroatoms. The van der Waals surface area contributed by atoms with E-state index >= 15 is 0 Å². The summed E-state index contributed by atoms with van der Waals surface area (Å²) in [5.74, 6) is 0.798. The molecule has 0 fully saturated rings. The number of thioether (sulfide) groups is 1. The summed E-state index contributed by atoms with van der Waals surface area (Å²) < 4.78 is 0. The molecule has 1 unspecified atom stereocenters. The summed E-state index contributed by atoms with van der Waals surface area (Å²) in [6, 6.07) is 4.88. The highest BCUT2D eigenvalue weighted by molar-refractivity contribution is 7.99. The number of carbonyl (C=O) groups excluding carboxylic acids is 1. The molecule has 1 rings (SSSR count). The number of halogens is 1. The second-order valence-electron chi connectivity index (χ2n) is 3.94. The number of nitrogens with two attached hydrogens (primary N) is 1. The maximum atomic E-state index is 11.7. The summed E-state index contributed by atoms with van der Waals surface area (Å²) in [5.41, 5.74) is 6.67. The Morgan fingerprint density at radius 2 is 2.26 bits per heavy atom. The average Bonchev–Trinajstić information content (AvgIpc) is 2.38. The van der Waals surface area contributed by atoms with Crippen LogP contribution in [0.5, 0.6) is 0 Å². The third-order valence-electron chi connectivity index (χ3n) is 2.28. The lowest BCUT2D eigenvalue weighted by Gasteiger charge is -2.09. The van der Waals surface area contributed by atoms with Crippen LogP contribution in [0.3, 0.4) is 0 Å². The third kappa shape index (κ3) is 6.15. The first kappa shape index (κ1) is 16.1. The topological polar surface area (TPSA) is 95.6 Å². The van der Waals surface area contributed by atoms with E-state index in [4.69, 9.17) is 27.5 Å². The summed E-state index contributed by atoms with van der Waals surface area (Å²) in [6.45, 7) is -0.266. The molecule has 0 bridgehead atoms. The maximum Gasteiger partial charge on any atom is 0.225 e. The van der Waals surface area contributed by atoms with E-state index in [1.165, 1.54) is 11.8 Å². The minimum absolute atomic E-state index is 0.167. The van der Waals surface area contributed by atoms with Crippen LogP contribution in [0.1, 0.15) is 6.42 Å². The number of anilines is 2. The van der Waals surface area contributed by atoms with Crippen LogP contribution in [0.15, 0.2) is 18.2 Å². The van der Waals surface area contributed by atoms with Gasteiger partial charge < -0.3 is 21.3 Å². The van der Waals surface area contributed by atoms with Gasteiger partial charge in [-0.15, -0.1) is 0 Å². The van der Waals surface area contributed by atoms with E-state index in [1.807, 2.05) is 0 Å². The highest BCUT2D eigenvalue weighted by atomic mass is 35.5. The van der Waals surface area contributed by atoms with Crippen LogP contribution in [0, 0.1) is 0 Å². The van der Waals surface area contributed by atoms with Crippen LogP contribution in [0.4, 0.5) is 11.4 Å². The zero-order valence-electron chi connectivity index (χ0n) is 10.3. The molecule has 0 aromatic heterocycles. The Hall–Kier alpha value is -0.950. The minimum Gasteiger partial charge on any atom is -0.397 e. The molecule has 0 spiro atoms. The molecule has 19 heavy (non-hydrogen) atoms. The number of hydrogen-bond donors (Lipinski definition) is 4. The van der Waals surface area contributed by atoms with Crippen molar-refractivity contribution in [1.82, 2.24) is 0 Å². The second-order valence-corrected chi connectivity index (χ2v) is 5.53. The number of carbonyl (C=O) groups is 1. The molecule has 1 aromatic carbocycles. The van der Waals surface area contributed by atoms with Crippen molar-refractivity contribution in [3.63, 3.8) is 0 Å². The maximum absolute atomic E-state index is 11.7. The molecule has 106 valence electrons. The van der Waals surface area contributed by atoms with Gasteiger partial charge in [-0.25, -0.2) is 0 Å². The molecule has 0 aliphatic rings. The molecule has 0 aliphatic heterocycles. The van der Waals surface area contributed by atoms with E-state index in [0.717, 1.165) is 0 Å². The van der Waals surface area contributed by atoms with Gasteiger partial charge >= 0.3 is 0 Å². The predicted octanol–water partition coefficient (Wildman–Crippen LogP) is 1.34. The first-order valence-electron chi connectivity index (χ1n) is 5.74. The number of benzene rings is 1. The van der Waals surface area contributed by atoms with Gasteiger partial charge in [0.2, 0.25) is 5.91 Å². The van der Waals surface area contributed by atoms with Gasteiger partial charge in [-0.3, -0.25) is 4.79 Å². The molecule has 0 aliphatic carbocycles. The fourth-order valence-corrected chi connectivity index (χ4v) is 2.33. The Kier molecular flexibility index (Phi) is 7.01. The first-order chi connectivity index (χ1) is 9.02. The van der Waals surface area contributed by atoms with E-state index in [1.54, 1.807) is 18.2 Å². The third-order valence-corrected chi connectivity index (χ3v) is 3.63. The molecular formula is C12H17ClN2O3S. The average molecular weight is 305 g/mol. The molecule has 5 N–H and O–H groups in total. The van der Waals surface area contributed by atoms with Gasteiger partial charge in [0.05, 0.1) is 24.1 Å². The van der Waals surface area contributed by atoms with Gasteiger partial charge in [0.15, 0.2) is 0 Å². The van der Waals surface area contributed by atoms with Crippen molar-refractivity contribution in [3.05, 3.63) is 23.2 Å². The lowest BCUT2D eigenvalue weighted by atomic mass is 10.2. The number of hydrogen-bond acceptors (Lipinski definition) is 5. The summed E-state index contributed by atoms with van der Waals surface area (Å²) in [6.07, 6.45) is -0.439. The van der Waals surface area contributed by atoms with Crippen LogP contribution >= 0.6 is 23.4 Å². The van der Waals surface area contributed by atoms with E-state index in [-0.39, 0.29) is 12.5 Å². The number of rotatable bonds is 7. The van der Waals surface area contributed by atoms with Gasteiger partial charge in [-0.1, -0.05) is 11.6 Å². The van der Waals surface area contributed by atoms with E-state index in [9.17, 15) is 4.79 Å². The first-order valence-corrected chi connectivity index (χ1v) is 7.27. The Bertz CT molecular complexity index is 431. The SMILES string of the molecule is Nc1ccc(Cl)cc1NC(=O)CCSCC(O)CO. The van der Waals surface area contributed by atoms with Gasteiger partial charge in [-0.05, 0) is 18.2 Å². The molecule has 1 amide bonds. The van der Waals surface area contributed by atoms with Crippen molar-refractivity contribution in [2.45, 2.75) is 12.5 Å². The number of aliphatic hydroxyl groups is 2. The van der Waals surface area contributed by atoms with Gasteiger partial charge in [0.1, 0.15) is 0 Å². The molecule has 1 aromatic rings. The van der Waals surface area contributed by atoms with Crippen molar-refractivity contribution in [3.8, 4) is 0 Å². The monoisotopic (exact) mass is 304 g/mol. The largest absolute Gasteiger partial charge is 0.397 e. The zero-order chi connectivity index (χ0) is 14.3. The normalized spacial score (nSPS) is 12.2. The van der Waals surface area contributed by atoms with Crippen LogP contribution in [-0.4, -0.2) is 40.3 Å². The lowest BCUT2D eigenvalue weighted by molar-refractivity contribution is -0.115. The quantitative estimate of drug-likeness (QED) is 0.450. The van der Waals surface area contributed by atoms with E-state index in [2.05, 4.69) is 5.32 Å². The Morgan fingerprint density at radius 1 is 1.53 bits per heavy atom. The number of nitrogen functional groups attached to an aromatic ring is 1. The fourth-order valence-electron chi connectivity index (χ4n) is 1.29. The smallest absolute Gasteiger partial charge is 0.225 e. The second kappa shape index (κ2) is 8.27. The van der Waals surface area contributed by atoms with Crippen molar-refractivity contribution in [2.24, 2.45) is 0 Å². The van der Waals surface area contributed by atoms with Crippen LogP contribution in [-0.2, 0) is 4.79 Å². The number of amides is 1. The zero-order valence-corrected chi connectivity index (χ0v) is 11.9. The predicted molar refractivity (Wildman–Crippen MR) is 79.5 cm³/mol. The fraction of sp³-hybridized carbons (Fsp3) is 0.417. The molecule has 0 saturated heterocycles. The summed E-state index contributed by atoms with van der Waals surface area (Å²) >= 11 is 7.22. The molecule has 1 atom stereocenters. The number of nitrogens with one attached hydrogen (secondary N) is 1.